The van der Waals surface area contributed by atoms with Gasteiger partial charge in [0.1, 0.15) is 10.8 Å². The Labute approximate surface area is 145 Å². The van der Waals surface area contributed by atoms with Crippen LogP contribution in [-0.4, -0.2) is 23.4 Å². The van der Waals surface area contributed by atoms with Crippen LogP contribution in [0.15, 0.2) is 29.3 Å². The van der Waals surface area contributed by atoms with Crippen LogP contribution in [0.1, 0.15) is 53.1 Å². The van der Waals surface area contributed by atoms with E-state index in [-0.39, 0.29) is 11.7 Å². The Bertz CT molecular complexity index is 792. The van der Waals surface area contributed by atoms with Gasteiger partial charge in [0.25, 0.3) is 0 Å². The van der Waals surface area contributed by atoms with Gasteiger partial charge in [0, 0.05) is 16.2 Å². The Morgan fingerprint density at radius 3 is 2.79 bits per heavy atom. The van der Waals surface area contributed by atoms with E-state index in [2.05, 4.69) is 4.99 Å². The number of carbonyl (C=O) groups excluding carboxylic acids is 1. The number of rotatable bonds is 4. The molecule has 0 saturated heterocycles. The Hall–Kier alpha value is -2.14. The van der Waals surface area contributed by atoms with Crippen LogP contribution in [0, 0.1) is 0 Å². The van der Waals surface area contributed by atoms with Gasteiger partial charge < -0.3 is 9.84 Å². The molecule has 1 aromatic carbocycles. The molecule has 0 bridgehead atoms. The molecule has 0 fully saturated rings. The summed E-state index contributed by atoms with van der Waals surface area (Å²) in [5.74, 6) is -0.0986. The summed E-state index contributed by atoms with van der Waals surface area (Å²) in [7, 11) is 0. The summed E-state index contributed by atoms with van der Waals surface area (Å²) >= 11 is 1.58. The van der Waals surface area contributed by atoms with E-state index in [1.54, 1.807) is 23.5 Å². The van der Waals surface area contributed by atoms with E-state index < -0.39 is 0 Å². The fourth-order valence-electron chi connectivity index (χ4n) is 3.04. The number of esters is 1. The predicted octanol–water partition coefficient (Wildman–Crippen LogP) is 4.65. The van der Waals surface area contributed by atoms with E-state index in [0.29, 0.717) is 28.4 Å². The molecule has 1 aromatic heterocycles. The highest BCUT2D eigenvalue weighted by Gasteiger charge is 2.26. The second-order valence-electron chi connectivity index (χ2n) is 5.83. The van der Waals surface area contributed by atoms with Crippen LogP contribution in [0.25, 0.3) is 0 Å². The van der Waals surface area contributed by atoms with Crippen LogP contribution >= 0.6 is 11.3 Å². The molecule has 24 heavy (non-hydrogen) atoms. The van der Waals surface area contributed by atoms with Crippen molar-refractivity contribution in [2.75, 3.05) is 6.61 Å². The number of carbonyl (C=O) groups is 1. The van der Waals surface area contributed by atoms with Crippen molar-refractivity contribution in [2.24, 2.45) is 4.99 Å². The average molecular weight is 343 g/mol. The van der Waals surface area contributed by atoms with Crippen molar-refractivity contribution in [1.29, 1.82) is 0 Å². The second-order valence-corrected chi connectivity index (χ2v) is 6.91. The lowest BCUT2D eigenvalue weighted by atomic mass is 9.95. The van der Waals surface area contributed by atoms with Crippen LogP contribution in [0.5, 0.6) is 5.75 Å². The lowest BCUT2D eigenvalue weighted by molar-refractivity contribution is 0.0526. The Morgan fingerprint density at radius 2 is 2.04 bits per heavy atom. The van der Waals surface area contributed by atoms with Crippen LogP contribution in [-0.2, 0) is 17.6 Å². The molecule has 0 saturated carbocycles. The van der Waals surface area contributed by atoms with Gasteiger partial charge in [-0.25, -0.2) is 9.79 Å². The summed E-state index contributed by atoms with van der Waals surface area (Å²) < 4.78 is 5.25. The number of aliphatic imine (C=N–C) groups is 1. The number of ether oxygens (including phenoxy) is 1. The largest absolute Gasteiger partial charge is 0.507 e. The molecule has 1 aliphatic rings. The van der Waals surface area contributed by atoms with Crippen LogP contribution in [0.4, 0.5) is 5.00 Å². The monoisotopic (exact) mass is 343 g/mol. The highest BCUT2D eigenvalue weighted by molar-refractivity contribution is 7.16. The molecule has 4 nitrogen and oxygen atoms in total. The number of benzene rings is 1. The lowest BCUT2D eigenvalue weighted by Gasteiger charge is -2.12. The van der Waals surface area contributed by atoms with E-state index >= 15 is 0 Å². The number of fused-ring (bicyclic) bond motifs is 1. The second kappa shape index (κ2) is 7.18. The van der Waals surface area contributed by atoms with E-state index in [0.717, 1.165) is 31.2 Å². The Kier molecular flexibility index (Phi) is 5.00. The molecule has 0 aliphatic heterocycles. The fraction of sp³-hybridized carbons (Fsp3) is 0.368. The standard InChI is InChI=1S/C19H21NO3S/c1-3-23-19(22)17-14-9-5-7-11-16(14)24-18(17)20-12(2)13-8-4-6-10-15(13)21/h4,6,8,10,21H,3,5,7,9,11H2,1-2H3/b20-12-. The number of aromatic hydroxyl groups is 1. The number of phenols is 1. The number of aryl methyl sites for hydroxylation is 1. The highest BCUT2D eigenvalue weighted by atomic mass is 32.1. The number of hydrogen-bond donors (Lipinski definition) is 1. The molecule has 3 rings (SSSR count). The molecular formula is C19H21NO3S. The van der Waals surface area contributed by atoms with Crippen molar-refractivity contribution >= 4 is 28.0 Å². The number of thiophene rings is 1. The molecule has 2 aromatic rings. The minimum atomic E-state index is -0.291. The summed E-state index contributed by atoms with van der Waals surface area (Å²) in [4.78, 5) is 18.4. The molecule has 0 spiro atoms. The number of hydrogen-bond acceptors (Lipinski definition) is 5. The third-order valence-corrected chi connectivity index (χ3v) is 5.38. The van der Waals surface area contributed by atoms with Crippen molar-refractivity contribution in [1.82, 2.24) is 0 Å². The molecule has 1 N–H and O–H groups in total. The van der Waals surface area contributed by atoms with Gasteiger partial charge in [0.15, 0.2) is 0 Å². The van der Waals surface area contributed by atoms with Crippen LogP contribution in [0.3, 0.4) is 0 Å². The highest BCUT2D eigenvalue weighted by Crippen LogP contribution is 2.40. The van der Waals surface area contributed by atoms with Gasteiger partial charge in [-0.05, 0) is 57.2 Å². The van der Waals surface area contributed by atoms with Gasteiger partial charge in [-0.15, -0.1) is 11.3 Å². The van der Waals surface area contributed by atoms with E-state index in [9.17, 15) is 9.90 Å². The van der Waals surface area contributed by atoms with Crippen molar-refractivity contribution in [3.8, 4) is 5.75 Å². The van der Waals surface area contributed by atoms with Gasteiger partial charge >= 0.3 is 5.97 Å². The maximum atomic E-state index is 12.4. The molecule has 0 atom stereocenters. The first-order valence-corrected chi connectivity index (χ1v) is 9.08. The van der Waals surface area contributed by atoms with Gasteiger partial charge in [0.2, 0.25) is 0 Å². The summed E-state index contributed by atoms with van der Waals surface area (Å²) in [6.45, 7) is 4.01. The minimum absolute atomic E-state index is 0.192. The zero-order valence-electron chi connectivity index (χ0n) is 14.0. The Morgan fingerprint density at radius 1 is 1.29 bits per heavy atom. The van der Waals surface area contributed by atoms with Crippen molar-refractivity contribution in [3.05, 3.63) is 45.8 Å². The Balaban J connectivity index is 2.07. The van der Waals surface area contributed by atoms with Crippen molar-refractivity contribution in [2.45, 2.75) is 39.5 Å². The molecule has 0 amide bonds. The minimum Gasteiger partial charge on any atom is -0.507 e. The molecular weight excluding hydrogens is 322 g/mol. The third kappa shape index (κ3) is 3.22. The molecule has 0 radical (unpaired) electrons. The lowest BCUT2D eigenvalue weighted by Crippen LogP contribution is -2.09. The first-order valence-electron chi connectivity index (χ1n) is 8.27. The third-order valence-electron chi connectivity index (χ3n) is 4.20. The summed E-state index contributed by atoms with van der Waals surface area (Å²) in [5.41, 5.74) is 3.09. The smallest absolute Gasteiger partial charge is 0.341 e. The molecule has 5 heteroatoms. The number of phenolic OH excluding ortho intramolecular Hbond substituents is 1. The maximum absolute atomic E-state index is 12.4. The molecule has 1 heterocycles. The molecule has 126 valence electrons. The molecule has 0 unspecified atom stereocenters. The normalized spacial score (nSPS) is 14.3. The van der Waals surface area contributed by atoms with E-state index in [1.807, 2.05) is 26.0 Å². The average Bonchev–Trinajstić information content (AvgIpc) is 2.93. The summed E-state index contributed by atoms with van der Waals surface area (Å²) in [5, 5.41) is 10.7. The van der Waals surface area contributed by atoms with Crippen LogP contribution in [0.2, 0.25) is 0 Å². The topological polar surface area (TPSA) is 58.9 Å². The summed E-state index contributed by atoms with van der Waals surface area (Å²) in [6.07, 6.45) is 4.15. The van der Waals surface area contributed by atoms with Gasteiger partial charge in [-0.1, -0.05) is 12.1 Å². The first-order chi connectivity index (χ1) is 11.6. The first kappa shape index (κ1) is 16.7. The zero-order valence-corrected chi connectivity index (χ0v) is 14.8. The van der Waals surface area contributed by atoms with Crippen molar-refractivity contribution in [3.63, 3.8) is 0 Å². The van der Waals surface area contributed by atoms with Gasteiger partial charge in [-0.2, -0.15) is 0 Å². The quantitative estimate of drug-likeness (QED) is 0.649. The zero-order chi connectivity index (χ0) is 17.1. The van der Waals surface area contributed by atoms with Gasteiger partial charge in [0.05, 0.1) is 12.2 Å². The summed E-state index contributed by atoms with van der Waals surface area (Å²) in [6, 6.07) is 7.10. The predicted molar refractivity (Wildman–Crippen MR) is 96.9 cm³/mol. The maximum Gasteiger partial charge on any atom is 0.341 e. The van der Waals surface area contributed by atoms with Crippen LogP contribution < -0.4 is 0 Å². The SMILES string of the molecule is CCOC(=O)c1c(/N=C(/C)c2ccccc2O)sc2c1CCCC2. The van der Waals surface area contributed by atoms with E-state index in [1.165, 1.54) is 4.88 Å². The fourth-order valence-corrected chi connectivity index (χ4v) is 4.33. The van der Waals surface area contributed by atoms with Gasteiger partial charge in [-0.3, -0.25) is 0 Å². The van der Waals surface area contributed by atoms with Crippen molar-refractivity contribution < 1.29 is 14.6 Å². The number of nitrogens with zero attached hydrogens (tertiary/aromatic N) is 1. The number of para-hydroxylation sites is 1. The molecule has 1 aliphatic carbocycles. The van der Waals surface area contributed by atoms with E-state index in [4.69, 9.17) is 4.74 Å².